The molecule has 1 saturated heterocycles. The monoisotopic (exact) mass is 236 g/mol. The first kappa shape index (κ1) is 12.6. The largest absolute Gasteiger partial charge is 0.392 e. The van der Waals surface area contributed by atoms with Crippen molar-refractivity contribution in [1.82, 2.24) is 0 Å². The molecule has 0 aromatic heterocycles. The van der Waals surface area contributed by atoms with E-state index in [-0.39, 0.29) is 30.8 Å². The van der Waals surface area contributed by atoms with Gasteiger partial charge in [-0.2, -0.15) is 0 Å². The Morgan fingerprint density at radius 1 is 1.35 bits per heavy atom. The fraction of sp³-hybridized carbons (Fsp3) is 0.571. The first-order chi connectivity index (χ1) is 8.11. The third-order valence-electron chi connectivity index (χ3n) is 3.46. The molecule has 0 spiro atoms. The van der Waals surface area contributed by atoms with Gasteiger partial charge in [0.15, 0.2) is 0 Å². The lowest BCUT2D eigenvalue weighted by Crippen LogP contribution is -2.40. The predicted molar refractivity (Wildman–Crippen MR) is 65.7 cm³/mol. The van der Waals surface area contributed by atoms with Gasteiger partial charge in [0, 0.05) is 5.92 Å². The van der Waals surface area contributed by atoms with Crippen LogP contribution in [0.25, 0.3) is 0 Å². The Morgan fingerprint density at radius 3 is 2.76 bits per heavy atom. The van der Waals surface area contributed by atoms with Gasteiger partial charge < -0.3 is 14.9 Å². The summed E-state index contributed by atoms with van der Waals surface area (Å²) in [5.74, 6) is -0.00213. The van der Waals surface area contributed by atoms with Gasteiger partial charge in [0.2, 0.25) is 0 Å². The van der Waals surface area contributed by atoms with E-state index in [1.165, 1.54) is 0 Å². The highest BCUT2D eigenvalue weighted by atomic mass is 16.5. The molecule has 1 aliphatic heterocycles. The Labute approximate surface area is 102 Å². The fourth-order valence-electron chi connectivity index (χ4n) is 2.70. The molecule has 0 amide bonds. The molecule has 1 fully saturated rings. The van der Waals surface area contributed by atoms with Crippen molar-refractivity contribution in [3.8, 4) is 0 Å². The maximum absolute atomic E-state index is 10.2. The van der Waals surface area contributed by atoms with Crippen molar-refractivity contribution in [2.45, 2.75) is 51.1 Å². The quantitative estimate of drug-likeness (QED) is 0.823. The number of aliphatic hydroxyl groups excluding tert-OH is 2. The molecule has 1 aliphatic rings. The van der Waals surface area contributed by atoms with E-state index >= 15 is 0 Å². The molecule has 94 valence electrons. The van der Waals surface area contributed by atoms with Crippen molar-refractivity contribution < 1.29 is 14.9 Å². The zero-order valence-electron chi connectivity index (χ0n) is 10.3. The van der Waals surface area contributed by atoms with Gasteiger partial charge in [0.25, 0.3) is 0 Å². The number of rotatable bonds is 2. The summed E-state index contributed by atoms with van der Waals surface area (Å²) in [6.45, 7) is 4.01. The Morgan fingerprint density at radius 2 is 2.12 bits per heavy atom. The van der Waals surface area contributed by atoms with Gasteiger partial charge in [-0.25, -0.2) is 0 Å². The van der Waals surface area contributed by atoms with Crippen LogP contribution in [0.2, 0.25) is 0 Å². The maximum atomic E-state index is 10.2. The summed E-state index contributed by atoms with van der Waals surface area (Å²) in [7, 11) is 0. The van der Waals surface area contributed by atoms with Crippen LogP contribution < -0.4 is 0 Å². The summed E-state index contributed by atoms with van der Waals surface area (Å²) in [5, 5.41) is 19.3. The zero-order chi connectivity index (χ0) is 12.4. The van der Waals surface area contributed by atoms with Crippen molar-refractivity contribution in [2.75, 3.05) is 0 Å². The second kappa shape index (κ2) is 5.17. The number of hydrogen-bond donors (Lipinski definition) is 2. The molecule has 2 N–H and O–H groups in total. The zero-order valence-corrected chi connectivity index (χ0v) is 10.3. The molecule has 1 aromatic rings. The average molecular weight is 236 g/mol. The van der Waals surface area contributed by atoms with E-state index in [9.17, 15) is 5.11 Å². The van der Waals surface area contributed by atoms with Crippen LogP contribution in [0.3, 0.4) is 0 Å². The van der Waals surface area contributed by atoms with Crippen LogP contribution in [0.1, 0.15) is 37.3 Å². The molecular weight excluding hydrogens is 216 g/mol. The Hall–Kier alpha value is -0.900. The second-order valence-corrected chi connectivity index (χ2v) is 4.88. The Balaban J connectivity index is 2.25. The molecule has 3 heteroatoms. The molecule has 3 nitrogen and oxygen atoms in total. The lowest BCUT2D eigenvalue weighted by atomic mass is 9.83. The van der Waals surface area contributed by atoms with Crippen LogP contribution in [-0.2, 0) is 11.3 Å². The number of aliphatic hydroxyl groups is 2. The highest BCUT2D eigenvalue weighted by molar-refractivity contribution is 5.28. The topological polar surface area (TPSA) is 49.7 Å². The van der Waals surface area contributed by atoms with E-state index in [0.717, 1.165) is 11.1 Å². The van der Waals surface area contributed by atoms with Gasteiger partial charge in [-0.1, -0.05) is 24.3 Å². The molecule has 0 bridgehead atoms. The molecule has 0 aliphatic carbocycles. The molecule has 1 heterocycles. The average Bonchev–Trinajstić information content (AvgIpc) is 2.28. The van der Waals surface area contributed by atoms with Crippen LogP contribution in [0.15, 0.2) is 24.3 Å². The van der Waals surface area contributed by atoms with Crippen LogP contribution in [-0.4, -0.2) is 28.5 Å². The number of benzene rings is 1. The Bertz CT molecular complexity index is 365. The van der Waals surface area contributed by atoms with Crippen molar-refractivity contribution in [3.05, 3.63) is 35.4 Å². The summed E-state index contributed by atoms with van der Waals surface area (Å²) in [6.07, 6.45) is 0.404. The molecule has 17 heavy (non-hydrogen) atoms. The SMILES string of the molecule is CC1C[C@H](O)C(c2cccc(CO)c2)C(C)O1. The van der Waals surface area contributed by atoms with Crippen LogP contribution in [0.5, 0.6) is 0 Å². The highest BCUT2D eigenvalue weighted by Gasteiger charge is 2.34. The molecule has 3 unspecified atom stereocenters. The minimum atomic E-state index is -0.373. The van der Waals surface area contributed by atoms with Crippen molar-refractivity contribution in [3.63, 3.8) is 0 Å². The first-order valence-corrected chi connectivity index (χ1v) is 6.15. The summed E-state index contributed by atoms with van der Waals surface area (Å²) in [4.78, 5) is 0. The van der Waals surface area contributed by atoms with Crippen LogP contribution >= 0.6 is 0 Å². The maximum Gasteiger partial charge on any atom is 0.0681 e. The van der Waals surface area contributed by atoms with Crippen LogP contribution in [0.4, 0.5) is 0 Å². The Kier molecular flexibility index (Phi) is 3.82. The lowest BCUT2D eigenvalue weighted by Gasteiger charge is -2.37. The molecule has 2 rings (SSSR count). The van der Waals surface area contributed by atoms with Crippen molar-refractivity contribution >= 4 is 0 Å². The van der Waals surface area contributed by atoms with E-state index in [0.29, 0.717) is 6.42 Å². The molecule has 1 aromatic carbocycles. The minimum absolute atomic E-state index is 0.00213. The summed E-state index contributed by atoms with van der Waals surface area (Å²) in [6, 6.07) is 7.73. The van der Waals surface area contributed by atoms with Gasteiger partial charge in [-0.15, -0.1) is 0 Å². The van der Waals surface area contributed by atoms with E-state index in [2.05, 4.69) is 0 Å². The van der Waals surface area contributed by atoms with Crippen molar-refractivity contribution in [2.24, 2.45) is 0 Å². The van der Waals surface area contributed by atoms with E-state index in [4.69, 9.17) is 9.84 Å². The molecule has 0 saturated carbocycles. The van der Waals surface area contributed by atoms with Crippen LogP contribution in [0, 0.1) is 0 Å². The minimum Gasteiger partial charge on any atom is -0.392 e. The third-order valence-corrected chi connectivity index (χ3v) is 3.46. The molecule has 0 radical (unpaired) electrons. The fourth-order valence-corrected chi connectivity index (χ4v) is 2.70. The van der Waals surface area contributed by atoms with Gasteiger partial charge in [-0.3, -0.25) is 0 Å². The van der Waals surface area contributed by atoms with Gasteiger partial charge in [0.1, 0.15) is 0 Å². The summed E-state index contributed by atoms with van der Waals surface area (Å²) >= 11 is 0. The predicted octanol–water partition coefficient (Wildman–Crippen LogP) is 1.82. The number of hydrogen-bond acceptors (Lipinski definition) is 3. The molecular formula is C14H20O3. The second-order valence-electron chi connectivity index (χ2n) is 4.88. The first-order valence-electron chi connectivity index (χ1n) is 6.15. The van der Waals surface area contributed by atoms with Gasteiger partial charge >= 0.3 is 0 Å². The molecule has 4 atom stereocenters. The third kappa shape index (κ3) is 2.68. The van der Waals surface area contributed by atoms with Gasteiger partial charge in [-0.05, 0) is 31.4 Å². The van der Waals surface area contributed by atoms with E-state index in [1.54, 1.807) is 0 Å². The van der Waals surface area contributed by atoms with E-state index in [1.807, 2.05) is 38.1 Å². The normalized spacial score (nSPS) is 33.6. The van der Waals surface area contributed by atoms with Gasteiger partial charge in [0.05, 0.1) is 24.9 Å². The summed E-state index contributed by atoms with van der Waals surface area (Å²) in [5.41, 5.74) is 1.92. The van der Waals surface area contributed by atoms with Crippen molar-refractivity contribution in [1.29, 1.82) is 0 Å². The highest BCUT2D eigenvalue weighted by Crippen LogP contribution is 2.33. The smallest absolute Gasteiger partial charge is 0.0681 e. The lowest BCUT2D eigenvalue weighted by molar-refractivity contribution is -0.0960. The standard InChI is InChI=1S/C14H20O3/c1-9-6-13(16)14(10(2)17-9)12-5-3-4-11(7-12)8-15/h3-5,7,9-10,13-16H,6,8H2,1-2H3/t9?,10?,13-,14?/m0/s1. The summed E-state index contributed by atoms with van der Waals surface area (Å²) < 4.78 is 5.77. The van der Waals surface area contributed by atoms with E-state index < -0.39 is 0 Å². The number of ether oxygens (including phenoxy) is 1.